The Balaban J connectivity index is 1.60. The average Bonchev–Trinajstić information content (AvgIpc) is 3.12. The van der Waals surface area contributed by atoms with Gasteiger partial charge in [-0.25, -0.2) is 9.78 Å². The first-order valence-corrected chi connectivity index (χ1v) is 8.52. The minimum Gasteiger partial charge on any atom is -0.408 e. The Labute approximate surface area is 142 Å². The summed E-state index contributed by atoms with van der Waals surface area (Å²) in [5.74, 6) is -0.752. The van der Waals surface area contributed by atoms with Crippen LogP contribution in [-0.2, 0) is 11.2 Å². The largest absolute Gasteiger partial charge is 0.420 e. The van der Waals surface area contributed by atoms with Crippen molar-refractivity contribution >= 4 is 33.5 Å². The molecule has 0 spiro atoms. The minimum atomic E-state index is -0.643. The number of anilines is 1. The highest BCUT2D eigenvalue weighted by Gasteiger charge is 2.20. The van der Waals surface area contributed by atoms with Gasteiger partial charge in [-0.05, 0) is 31.9 Å². The van der Waals surface area contributed by atoms with Crippen LogP contribution in [0.4, 0.5) is 5.13 Å². The topological polar surface area (TPSA) is 103 Å². The monoisotopic (exact) mass is 346 g/mol. The van der Waals surface area contributed by atoms with Crippen molar-refractivity contribution in [3.05, 3.63) is 45.9 Å². The van der Waals surface area contributed by atoms with Gasteiger partial charge in [-0.3, -0.25) is 9.36 Å². The van der Waals surface area contributed by atoms with E-state index in [0.29, 0.717) is 22.8 Å². The van der Waals surface area contributed by atoms with Crippen LogP contribution in [-0.4, -0.2) is 22.0 Å². The Morgan fingerprint density at radius 3 is 3.00 bits per heavy atom. The standard InChI is InChI=1S/C16H18N4O3S/c1-10(20-12-6-2-3-7-13(12)23-16(20)22)14(21)18-8-4-5-11-9-24-15(17)19-11/h2-3,6-7,9-10H,4-5,8H2,1H3,(H2,17,19)(H,18,21)/t10-/m0/s1. The van der Waals surface area contributed by atoms with Gasteiger partial charge >= 0.3 is 5.76 Å². The van der Waals surface area contributed by atoms with Crippen molar-refractivity contribution in [1.29, 1.82) is 0 Å². The molecule has 2 aromatic heterocycles. The highest BCUT2D eigenvalue weighted by molar-refractivity contribution is 7.13. The van der Waals surface area contributed by atoms with Crippen molar-refractivity contribution in [3.8, 4) is 0 Å². The van der Waals surface area contributed by atoms with Crippen LogP contribution in [0.2, 0.25) is 0 Å². The Morgan fingerprint density at radius 2 is 2.25 bits per heavy atom. The molecule has 1 atom stereocenters. The molecule has 24 heavy (non-hydrogen) atoms. The predicted octanol–water partition coefficient (Wildman–Crippen LogP) is 1.94. The molecule has 0 aliphatic heterocycles. The average molecular weight is 346 g/mol. The van der Waals surface area contributed by atoms with Gasteiger partial charge in [0.15, 0.2) is 10.7 Å². The summed E-state index contributed by atoms with van der Waals surface area (Å²) in [5.41, 5.74) is 7.60. The second-order valence-corrected chi connectivity index (χ2v) is 6.34. The lowest BCUT2D eigenvalue weighted by Crippen LogP contribution is -2.35. The molecule has 0 radical (unpaired) electrons. The first kappa shape index (κ1) is 16.3. The van der Waals surface area contributed by atoms with Gasteiger partial charge in [0, 0.05) is 11.9 Å². The summed E-state index contributed by atoms with van der Waals surface area (Å²) in [7, 11) is 0. The number of nitrogens with zero attached hydrogens (tertiary/aromatic N) is 2. The third-order valence-electron chi connectivity index (χ3n) is 3.76. The quantitative estimate of drug-likeness (QED) is 0.664. The SMILES string of the molecule is C[C@@H](C(=O)NCCCc1csc(N)n1)n1c(=O)oc2ccccc21. The molecule has 8 heteroatoms. The third-order valence-corrected chi connectivity index (χ3v) is 4.49. The van der Waals surface area contributed by atoms with Gasteiger partial charge in [0.1, 0.15) is 6.04 Å². The molecule has 0 aliphatic rings. The van der Waals surface area contributed by atoms with Crippen LogP contribution >= 0.6 is 11.3 Å². The van der Waals surface area contributed by atoms with Crippen molar-refractivity contribution in [2.24, 2.45) is 0 Å². The molecule has 0 bridgehead atoms. The maximum Gasteiger partial charge on any atom is 0.420 e. The third kappa shape index (κ3) is 3.33. The number of oxazole rings is 1. The number of aryl methyl sites for hydroxylation is 1. The summed E-state index contributed by atoms with van der Waals surface area (Å²) in [6.07, 6.45) is 1.50. The van der Waals surface area contributed by atoms with Crippen LogP contribution in [0.25, 0.3) is 11.1 Å². The number of benzene rings is 1. The molecule has 3 rings (SSSR count). The van der Waals surface area contributed by atoms with Crippen LogP contribution in [0.15, 0.2) is 38.9 Å². The van der Waals surface area contributed by atoms with Crippen molar-refractivity contribution in [2.45, 2.75) is 25.8 Å². The van der Waals surface area contributed by atoms with E-state index in [1.54, 1.807) is 31.2 Å². The van der Waals surface area contributed by atoms with E-state index in [-0.39, 0.29) is 5.91 Å². The molecule has 126 valence electrons. The molecule has 1 aromatic carbocycles. The summed E-state index contributed by atoms with van der Waals surface area (Å²) in [5, 5.41) is 5.31. The summed E-state index contributed by atoms with van der Waals surface area (Å²) < 4.78 is 6.53. The number of aromatic nitrogens is 2. The Hall–Kier alpha value is -2.61. The summed E-state index contributed by atoms with van der Waals surface area (Å²) >= 11 is 1.41. The molecule has 0 aliphatic carbocycles. The molecule has 0 saturated carbocycles. The van der Waals surface area contributed by atoms with E-state index < -0.39 is 11.8 Å². The Morgan fingerprint density at radius 1 is 1.46 bits per heavy atom. The van der Waals surface area contributed by atoms with E-state index in [2.05, 4.69) is 10.3 Å². The van der Waals surface area contributed by atoms with Gasteiger partial charge in [-0.2, -0.15) is 0 Å². The fraction of sp³-hybridized carbons (Fsp3) is 0.312. The zero-order valence-electron chi connectivity index (χ0n) is 13.2. The van der Waals surface area contributed by atoms with Gasteiger partial charge < -0.3 is 15.5 Å². The van der Waals surface area contributed by atoms with E-state index in [1.807, 2.05) is 5.38 Å². The smallest absolute Gasteiger partial charge is 0.408 e. The van der Waals surface area contributed by atoms with Crippen molar-refractivity contribution in [3.63, 3.8) is 0 Å². The lowest BCUT2D eigenvalue weighted by molar-refractivity contribution is -0.123. The lowest BCUT2D eigenvalue weighted by atomic mass is 10.2. The molecule has 0 saturated heterocycles. The number of rotatable bonds is 6. The van der Waals surface area contributed by atoms with Gasteiger partial charge in [0.2, 0.25) is 5.91 Å². The number of carbonyl (C=O) groups excluding carboxylic acids is 1. The molecule has 2 heterocycles. The molecular formula is C16H18N4O3S. The number of nitrogens with one attached hydrogen (secondary N) is 1. The van der Waals surface area contributed by atoms with Gasteiger partial charge in [0.05, 0.1) is 11.2 Å². The Kier molecular flexibility index (Phi) is 4.66. The van der Waals surface area contributed by atoms with Crippen molar-refractivity contribution in [1.82, 2.24) is 14.9 Å². The number of thiazole rings is 1. The highest BCUT2D eigenvalue weighted by Crippen LogP contribution is 2.16. The summed E-state index contributed by atoms with van der Waals surface area (Å²) in [4.78, 5) is 28.5. The Bertz CT molecular complexity index is 911. The fourth-order valence-electron chi connectivity index (χ4n) is 2.53. The summed E-state index contributed by atoms with van der Waals surface area (Å²) in [6, 6.07) is 6.41. The molecule has 1 amide bonds. The van der Waals surface area contributed by atoms with Gasteiger partial charge in [-0.15, -0.1) is 11.3 Å². The lowest BCUT2D eigenvalue weighted by Gasteiger charge is -2.13. The van der Waals surface area contributed by atoms with Gasteiger partial charge in [0.25, 0.3) is 0 Å². The zero-order chi connectivity index (χ0) is 17.1. The second-order valence-electron chi connectivity index (χ2n) is 5.45. The number of fused-ring (bicyclic) bond motifs is 1. The second kappa shape index (κ2) is 6.88. The first-order chi connectivity index (χ1) is 11.6. The predicted molar refractivity (Wildman–Crippen MR) is 93.0 cm³/mol. The van der Waals surface area contributed by atoms with E-state index in [1.165, 1.54) is 15.9 Å². The number of para-hydroxylation sites is 2. The zero-order valence-corrected chi connectivity index (χ0v) is 14.0. The first-order valence-electron chi connectivity index (χ1n) is 7.64. The number of hydrogen-bond acceptors (Lipinski definition) is 6. The van der Waals surface area contributed by atoms with Gasteiger partial charge in [-0.1, -0.05) is 12.1 Å². The molecule has 7 nitrogen and oxygen atoms in total. The minimum absolute atomic E-state index is 0.221. The summed E-state index contributed by atoms with van der Waals surface area (Å²) in [6.45, 7) is 2.19. The van der Waals surface area contributed by atoms with Crippen LogP contribution in [0.3, 0.4) is 0 Å². The number of nitrogen functional groups attached to an aromatic ring is 1. The van der Waals surface area contributed by atoms with E-state index in [0.717, 1.165) is 18.5 Å². The maximum atomic E-state index is 12.3. The maximum absolute atomic E-state index is 12.3. The number of nitrogens with two attached hydrogens (primary N) is 1. The van der Waals surface area contributed by atoms with Crippen molar-refractivity contribution in [2.75, 3.05) is 12.3 Å². The van der Waals surface area contributed by atoms with E-state index >= 15 is 0 Å². The number of amides is 1. The molecular weight excluding hydrogens is 328 g/mol. The van der Waals surface area contributed by atoms with Crippen LogP contribution in [0.1, 0.15) is 25.1 Å². The number of carbonyl (C=O) groups is 1. The van der Waals surface area contributed by atoms with Crippen LogP contribution in [0, 0.1) is 0 Å². The van der Waals surface area contributed by atoms with E-state index in [9.17, 15) is 9.59 Å². The number of hydrogen-bond donors (Lipinski definition) is 2. The van der Waals surface area contributed by atoms with Crippen molar-refractivity contribution < 1.29 is 9.21 Å². The molecule has 3 aromatic rings. The molecule has 0 fully saturated rings. The van der Waals surface area contributed by atoms with E-state index in [4.69, 9.17) is 10.2 Å². The molecule has 0 unspecified atom stereocenters. The molecule has 3 N–H and O–H groups in total. The van der Waals surface area contributed by atoms with Crippen LogP contribution in [0.5, 0.6) is 0 Å². The van der Waals surface area contributed by atoms with Crippen LogP contribution < -0.4 is 16.8 Å². The normalized spacial score (nSPS) is 12.4. The fourth-order valence-corrected chi connectivity index (χ4v) is 3.13. The highest BCUT2D eigenvalue weighted by atomic mass is 32.1.